The lowest BCUT2D eigenvalue weighted by Crippen LogP contribution is -2.16. The van der Waals surface area contributed by atoms with E-state index in [0.29, 0.717) is 11.6 Å². The molecule has 0 saturated heterocycles. The first kappa shape index (κ1) is 12.4. The minimum Gasteiger partial charge on any atom is -0.480 e. The molecule has 0 radical (unpaired) electrons. The second-order valence-electron chi connectivity index (χ2n) is 3.64. The van der Waals surface area contributed by atoms with Gasteiger partial charge in [-0.1, -0.05) is 0 Å². The summed E-state index contributed by atoms with van der Waals surface area (Å²) in [6, 6.07) is 5.35. The molecule has 0 bridgehead atoms. The van der Waals surface area contributed by atoms with Crippen molar-refractivity contribution >= 4 is 0 Å². The maximum atomic E-state index is 13.5. The maximum absolute atomic E-state index is 13.5. The Morgan fingerprint density at radius 2 is 1.94 bits per heavy atom. The van der Waals surface area contributed by atoms with E-state index in [4.69, 9.17) is 10.5 Å². The topological polar surface area (TPSA) is 61.0 Å². The van der Waals surface area contributed by atoms with E-state index >= 15 is 0 Å². The molecule has 0 fully saturated rings. The van der Waals surface area contributed by atoms with Gasteiger partial charge in [-0.05, 0) is 24.3 Å². The van der Waals surface area contributed by atoms with Crippen molar-refractivity contribution in [2.75, 3.05) is 7.11 Å². The summed E-state index contributed by atoms with van der Waals surface area (Å²) in [5, 5.41) is 7.53. The average Bonchev–Trinajstić information content (AvgIpc) is 2.41. The minimum atomic E-state index is -0.876. The summed E-state index contributed by atoms with van der Waals surface area (Å²) in [7, 11) is 1.45. The van der Waals surface area contributed by atoms with Crippen LogP contribution in [0.1, 0.15) is 17.3 Å². The molecule has 1 aromatic heterocycles. The zero-order valence-corrected chi connectivity index (χ0v) is 9.60. The Morgan fingerprint density at radius 1 is 1.17 bits per heavy atom. The third kappa shape index (κ3) is 2.43. The number of nitrogens with zero attached hydrogens (tertiary/aromatic N) is 2. The van der Waals surface area contributed by atoms with Crippen molar-refractivity contribution in [2.24, 2.45) is 5.73 Å². The van der Waals surface area contributed by atoms with Crippen molar-refractivity contribution in [3.05, 3.63) is 53.2 Å². The van der Waals surface area contributed by atoms with Gasteiger partial charge in [0.05, 0.1) is 18.8 Å². The Balaban J connectivity index is 2.34. The molecule has 0 aliphatic carbocycles. The number of ether oxygens (including phenoxy) is 1. The van der Waals surface area contributed by atoms with Gasteiger partial charge >= 0.3 is 0 Å². The van der Waals surface area contributed by atoms with E-state index in [0.717, 1.165) is 18.2 Å². The number of methoxy groups -OCH3 is 1. The lowest BCUT2D eigenvalue weighted by molar-refractivity contribution is 0.390. The van der Waals surface area contributed by atoms with E-state index in [9.17, 15) is 8.78 Å². The van der Waals surface area contributed by atoms with Crippen LogP contribution < -0.4 is 10.5 Å². The third-order valence-electron chi connectivity index (χ3n) is 2.48. The van der Waals surface area contributed by atoms with Gasteiger partial charge in [-0.3, -0.25) is 0 Å². The molecule has 1 unspecified atom stereocenters. The molecule has 1 heterocycles. The second-order valence-corrected chi connectivity index (χ2v) is 3.64. The summed E-state index contributed by atoms with van der Waals surface area (Å²) in [6.07, 6.45) is 0. The highest BCUT2D eigenvalue weighted by atomic mass is 19.1. The minimum absolute atomic E-state index is 0.0365. The van der Waals surface area contributed by atoms with Gasteiger partial charge in [0, 0.05) is 11.6 Å². The molecule has 0 amide bonds. The highest BCUT2D eigenvalue weighted by molar-refractivity contribution is 5.29. The summed E-state index contributed by atoms with van der Waals surface area (Å²) >= 11 is 0. The van der Waals surface area contributed by atoms with E-state index in [2.05, 4.69) is 10.2 Å². The molecule has 0 aliphatic heterocycles. The van der Waals surface area contributed by atoms with Crippen LogP contribution >= 0.6 is 0 Å². The van der Waals surface area contributed by atoms with E-state index in [1.165, 1.54) is 7.11 Å². The number of nitrogens with two attached hydrogens (primary N) is 1. The van der Waals surface area contributed by atoms with Gasteiger partial charge < -0.3 is 10.5 Å². The fourth-order valence-corrected chi connectivity index (χ4v) is 1.52. The average molecular weight is 251 g/mol. The Morgan fingerprint density at radius 3 is 2.56 bits per heavy atom. The predicted molar refractivity (Wildman–Crippen MR) is 61.0 cm³/mol. The van der Waals surface area contributed by atoms with Crippen LogP contribution in [-0.2, 0) is 0 Å². The normalized spacial score (nSPS) is 12.2. The monoisotopic (exact) mass is 251 g/mol. The van der Waals surface area contributed by atoms with Gasteiger partial charge in [0.2, 0.25) is 5.88 Å². The van der Waals surface area contributed by atoms with Crippen LogP contribution in [0.25, 0.3) is 0 Å². The summed E-state index contributed by atoms with van der Waals surface area (Å²) in [5.41, 5.74) is 6.20. The standard InChI is InChI=1S/C12H11F2N3O/c1-18-11-5-4-10(16-17-11)12(15)8-6-7(13)2-3-9(8)14/h2-6,12H,15H2,1H3. The zero-order chi connectivity index (χ0) is 13.1. The molecule has 2 rings (SSSR count). The second kappa shape index (κ2) is 5.05. The van der Waals surface area contributed by atoms with E-state index < -0.39 is 17.7 Å². The summed E-state index contributed by atoms with van der Waals surface area (Å²) < 4.78 is 31.4. The number of hydrogen-bond donors (Lipinski definition) is 1. The third-order valence-corrected chi connectivity index (χ3v) is 2.48. The molecular formula is C12H11F2N3O. The SMILES string of the molecule is COc1ccc(C(N)c2cc(F)ccc2F)nn1. The molecule has 2 N–H and O–H groups in total. The first-order chi connectivity index (χ1) is 8.61. The maximum Gasteiger partial charge on any atom is 0.233 e. The highest BCUT2D eigenvalue weighted by Gasteiger charge is 2.16. The number of halogens is 2. The molecular weight excluding hydrogens is 240 g/mol. The molecule has 1 atom stereocenters. The molecule has 0 spiro atoms. The van der Waals surface area contributed by atoms with Crippen LogP contribution in [-0.4, -0.2) is 17.3 Å². The van der Waals surface area contributed by atoms with Crippen molar-refractivity contribution in [3.8, 4) is 5.88 Å². The fraction of sp³-hybridized carbons (Fsp3) is 0.167. The van der Waals surface area contributed by atoms with Gasteiger partial charge in [0.1, 0.15) is 11.6 Å². The van der Waals surface area contributed by atoms with Crippen molar-refractivity contribution in [1.82, 2.24) is 10.2 Å². The highest BCUT2D eigenvalue weighted by Crippen LogP contribution is 2.22. The largest absolute Gasteiger partial charge is 0.480 e. The Labute approximate surface area is 102 Å². The van der Waals surface area contributed by atoms with Gasteiger partial charge in [0.15, 0.2) is 0 Å². The van der Waals surface area contributed by atoms with Crippen molar-refractivity contribution in [1.29, 1.82) is 0 Å². The number of benzene rings is 1. The van der Waals surface area contributed by atoms with Crippen molar-refractivity contribution < 1.29 is 13.5 Å². The summed E-state index contributed by atoms with van der Waals surface area (Å²) in [4.78, 5) is 0. The molecule has 94 valence electrons. The van der Waals surface area contributed by atoms with Crippen LogP contribution in [0.15, 0.2) is 30.3 Å². The fourth-order valence-electron chi connectivity index (χ4n) is 1.52. The quantitative estimate of drug-likeness (QED) is 0.903. The van der Waals surface area contributed by atoms with Crippen molar-refractivity contribution in [3.63, 3.8) is 0 Å². The molecule has 6 heteroatoms. The molecule has 2 aromatic rings. The number of aromatic nitrogens is 2. The van der Waals surface area contributed by atoms with E-state index in [1.807, 2.05) is 0 Å². The summed E-state index contributed by atoms with van der Waals surface area (Å²) in [5.74, 6) is -0.810. The van der Waals surface area contributed by atoms with Crippen LogP contribution in [0.5, 0.6) is 5.88 Å². The molecule has 0 saturated carbocycles. The smallest absolute Gasteiger partial charge is 0.233 e. The number of hydrogen-bond acceptors (Lipinski definition) is 4. The molecule has 18 heavy (non-hydrogen) atoms. The van der Waals surface area contributed by atoms with Gasteiger partial charge in [-0.2, -0.15) is 0 Å². The van der Waals surface area contributed by atoms with Crippen LogP contribution in [0.2, 0.25) is 0 Å². The van der Waals surface area contributed by atoms with Crippen LogP contribution in [0.3, 0.4) is 0 Å². The first-order valence-electron chi connectivity index (χ1n) is 5.20. The molecule has 4 nitrogen and oxygen atoms in total. The van der Waals surface area contributed by atoms with Crippen LogP contribution in [0.4, 0.5) is 8.78 Å². The van der Waals surface area contributed by atoms with Gasteiger partial charge in [-0.25, -0.2) is 8.78 Å². The zero-order valence-electron chi connectivity index (χ0n) is 9.60. The first-order valence-corrected chi connectivity index (χ1v) is 5.20. The summed E-state index contributed by atoms with van der Waals surface area (Å²) in [6.45, 7) is 0. The Bertz CT molecular complexity index is 546. The van der Waals surface area contributed by atoms with E-state index in [-0.39, 0.29) is 5.56 Å². The van der Waals surface area contributed by atoms with Gasteiger partial charge in [0.25, 0.3) is 0 Å². The van der Waals surface area contributed by atoms with Crippen molar-refractivity contribution in [2.45, 2.75) is 6.04 Å². The Kier molecular flexibility index (Phi) is 3.47. The van der Waals surface area contributed by atoms with Crippen LogP contribution in [0, 0.1) is 11.6 Å². The van der Waals surface area contributed by atoms with E-state index in [1.54, 1.807) is 12.1 Å². The molecule has 1 aromatic carbocycles. The lowest BCUT2D eigenvalue weighted by Gasteiger charge is -2.12. The number of rotatable bonds is 3. The Hall–Kier alpha value is -2.08. The lowest BCUT2D eigenvalue weighted by atomic mass is 10.0. The molecule has 0 aliphatic rings. The predicted octanol–water partition coefficient (Wildman–Crippen LogP) is 1.81. The van der Waals surface area contributed by atoms with Gasteiger partial charge in [-0.15, -0.1) is 10.2 Å².